The Morgan fingerprint density at radius 1 is 1.21 bits per heavy atom. The number of pyridine rings is 1. The number of carbonyl (C=O) groups is 2. The van der Waals surface area contributed by atoms with Crippen molar-refractivity contribution in [3.05, 3.63) is 23.9 Å². The highest BCUT2D eigenvalue weighted by Crippen LogP contribution is 2.27. The molecule has 0 saturated heterocycles. The number of rotatable bonds is 8. The van der Waals surface area contributed by atoms with Crippen LogP contribution in [0.4, 0.5) is 4.79 Å². The summed E-state index contributed by atoms with van der Waals surface area (Å²) in [6.45, 7) is 1.17. The summed E-state index contributed by atoms with van der Waals surface area (Å²) >= 11 is 0. The predicted molar refractivity (Wildman–Crippen MR) is 90.6 cm³/mol. The minimum absolute atomic E-state index is 0.0733. The van der Waals surface area contributed by atoms with E-state index in [2.05, 4.69) is 20.9 Å². The lowest BCUT2D eigenvalue weighted by Crippen LogP contribution is -2.40. The first-order chi connectivity index (χ1) is 11.7. The quantitative estimate of drug-likeness (QED) is 0.630. The maximum absolute atomic E-state index is 11.8. The molecule has 1 heterocycles. The molecule has 24 heavy (non-hydrogen) atoms. The van der Waals surface area contributed by atoms with Crippen LogP contribution >= 0.6 is 0 Å². The van der Waals surface area contributed by atoms with Gasteiger partial charge in [-0.15, -0.1) is 0 Å². The molecule has 1 aliphatic rings. The zero-order valence-electron chi connectivity index (χ0n) is 14.1. The Kier molecular flexibility index (Phi) is 7.32. The van der Waals surface area contributed by atoms with Gasteiger partial charge in [0.15, 0.2) is 0 Å². The third-order valence-electron chi connectivity index (χ3n) is 4.16. The van der Waals surface area contributed by atoms with E-state index >= 15 is 0 Å². The standard InChI is InChI=1S/C17H26N4O3/c1-24-16-14(7-4-8-19-16)12-21-17(23)20-10-9-18-15(22)11-13-5-2-3-6-13/h4,7-8,13H,2-3,5-6,9-12H2,1H3,(H,18,22)(H2,20,21,23). The van der Waals surface area contributed by atoms with Gasteiger partial charge in [-0.1, -0.05) is 18.9 Å². The first-order valence-electron chi connectivity index (χ1n) is 8.45. The first kappa shape index (κ1) is 18.0. The second-order valence-electron chi connectivity index (χ2n) is 5.99. The summed E-state index contributed by atoms with van der Waals surface area (Å²) in [5.41, 5.74) is 0.806. The van der Waals surface area contributed by atoms with Gasteiger partial charge in [-0.3, -0.25) is 4.79 Å². The molecule has 0 atom stereocenters. The number of ether oxygens (including phenoxy) is 1. The van der Waals surface area contributed by atoms with Gasteiger partial charge in [0.2, 0.25) is 11.8 Å². The van der Waals surface area contributed by atoms with Gasteiger partial charge in [-0.25, -0.2) is 9.78 Å². The van der Waals surface area contributed by atoms with Crippen molar-refractivity contribution in [1.29, 1.82) is 0 Å². The van der Waals surface area contributed by atoms with Crippen molar-refractivity contribution in [1.82, 2.24) is 20.9 Å². The molecule has 1 fully saturated rings. The van der Waals surface area contributed by atoms with Gasteiger partial charge in [0.1, 0.15) is 0 Å². The van der Waals surface area contributed by atoms with Gasteiger partial charge in [0.25, 0.3) is 0 Å². The predicted octanol–water partition coefficient (Wildman–Crippen LogP) is 1.59. The maximum Gasteiger partial charge on any atom is 0.315 e. The lowest BCUT2D eigenvalue weighted by atomic mass is 10.0. The monoisotopic (exact) mass is 334 g/mol. The molecule has 1 saturated carbocycles. The molecule has 0 spiro atoms. The number of urea groups is 1. The minimum Gasteiger partial charge on any atom is -0.481 e. The normalized spacial score (nSPS) is 14.2. The van der Waals surface area contributed by atoms with Gasteiger partial charge >= 0.3 is 6.03 Å². The summed E-state index contributed by atoms with van der Waals surface area (Å²) in [5.74, 6) is 1.11. The number of nitrogens with one attached hydrogen (secondary N) is 3. The summed E-state index contributed by atoms with van der Waals surface area (Å²) < 4.78 is 5.13. The molecule has 0 unspecified atom stereocenters. The van der Waals surface area contributed by atoms with Crippen LogP contribution in [0.5, 0.6) is 5.88 Å². The smallest absolute Gasteiger partial charge is 0.315 e. The molecule has 0 bridgehead atoms. The number of hydrogen-bond donors (Lipinski definition) is 3. The topological polar surface area (TPSA) is 92.3 Å². The molecule has 7 heteroatoms. The van der Waals surface area contributed by atoms with E-state index in [-0.39, 0.29) is 11.9 Å². The van der Waals surface area contributed by atoms with Crippen LogP contribution in [0.2, 0.25) is 0 Å². The summed E-state index contributed by atoms with van der Waals surface area (Å²) in [6.07, 6.45) is 7.03. The Morgan fingerprint density at radius 2 is 1.96 bits per heavy atom. The van der Waals surface area contributed by atoms with Gasteiger partial charge in [-0.05, 0) is 24.8 Å². The molecule has 7 nitrogen and oxygen atoms in total. The molecule has 1 aromatic rings. The molecule has 0 aliphatic heterocycles. The largest absolute Gasteiger partial charge is 0.481 e. The summed E-state index contributed by atoms with van der Waals surface area (Å²) in [5, 5.41) is 8.30. The fraction of sp³-hybridized carbons (Fsp3) is 0.588. The first-order valence-corrected chi connectivity index (χ1v) is 8.45. The van der Waals surface area contributed by atoms with Gasteiger partial charge in [0.05, 0.1) is 7.11 Å². The Bertz CT molecular complexity index is 544. The van der Waals surface area contributed by atoms with Crippen LogP contribution in [0.1, 0.15) is 37.7 Å². The Morgan fingerprint density at radius 3 is 2.71 bits per heavy atom. The minimum atomic E-state index is -0.286. The van der Waals surface area contributed by atoms with Crippen LogP contribution in [0.3, 0.4) is 0 Å². The molecule has 1 aliphatic carbocycles. The molecule has 3 amide bonds. The van der Waals surface area contributed by atoms with Crippen molar-refractivity contribution in [2.45, 2.75) is 38.6 Å². The highest BCUT2D eigenvalue weighted by atomic mass is 16.5. The SMILES string of the molecule is COc1ncccc1CNC(=O)NCCNC(=O)CC1CCCC1. The van der Waals surface area contributed by atoms with Crippen LogP contribution in [0.15, 0.2) is 18.3 Å². The number of amides is 3. The van der Waals surface area contributed by atoms with Crippen molar-refractivity contribution in [2.75, 3.05) is 20.2 Å². The number of nitrogens with zero attached hydrogens (tertiary/aromatic N) is 1. The highest BCUT2D eigenvalue weighted by molar-refractivity contribution is 5.76. The number of aromatic nitrogens is 1. The van der Waals surface area contributed by atoms with Crippen LogP contribution in [-0.2, 0) is 11.3 Å². The Hall–Kier alpha value is -2.31. The summed E-state index contributed by atoms with van der Waals surface area (Å²) in [4.78, 5) is 27.6. The zero-order valence-corrected chi connectivity index (χ0v) is 14.1. The lowest BCUT2D eigenvalue weighted by molar-refractivity contribution is -0.121. The summed E-state index contributed by atoms with van der Waals surface area (Å²) in [7, 11) is 1.54. The van der Waals surface area contributed by atoms with Crippen LogP contribution in [0, 0.1) is 5.92 Å². The molecule has 3 N–H and O–H groups in total. The maximum atomic E-state index is 11.8. The molecule has 0 radical (unpaired) electrons. The van der Waals surface area contributed by atoms with Gasteiger partial charge < -0.3 is 20.7 Å². The van der Waals surface area contributed by atoms with Crippen LogP contribution < -0.4 is 20.7 Å². The summed E-state index contributed by atoms with van der Waals surface area (Å²) in [6, 6.07) is 3.35. The number of methoxy groups -OCH3 is 1. The number of hydrogen-bond acceptors (Lipinski definition) is 4. The van der Waals surface area contributed by atoms with E-state index in [4.69, 9.17) is 4.74 Å². The molecule has 132 valence electrons. The van der Waals surface area contributed by atoms with Gasteiger partial charge in [-0.2, -0.15) is 0 Å². The molecular weight excluding hydrogens is 308 g/mol. The molecular formula is C17H26N4O3. The van der Waals surface area contributed by atoms with E-state index < -0.39 is 0 Å². The molecule has 2 rings (SSSR count). The van der Waals surface area contributed by atoms with Crippen LogP contribution in [0.25, 0.3) is 0 Å². The van der Waals surface area contributed by atoms with E-state index in [0.29, 0.717) is 37.9 Å². The van der Waals surface area contributed by atoms with Crippen molar-refractivity contribution >= 4 is 11.9 Å². The van der Waals surface area contributed by atoms with Crippen LogP contribution in [-0.4, -0.2) is 37.1 Å². The second kappa shape index (κ2) is 9.75. The third kappa shape index (κ3) is 6.06. The average molecular weight is 334 g/mol. The number of carbonyl (C=O) groups excluding carboxylic acids is 2. The molecule has 1 aromatic heterocycles. The van der Waals surface area contributed by atoms with Crippen molar-refractivity contribution < 1.29 is 14.3 Å². The van der Waals surface area contributed by atoms with Gasteiger partial charge in [0, 0.05) is 37.8 Å². The Balaban J connectivity index is 1.57. The fourth-order valence-electron chi connectivity index (χ4n) is 2.91. The fourth-order valence-corrected chi connectivity index (χ4v) is 2.91. The van der Waals surface area contributed by atoms with E-state index in [0.717, 1.165) is 18.4 Å². The third-order valence-corrected chi connectivity index (χ3v) is 4.16. The Labute approximate surface area is 142 Å². The van der Waals surface area contributed by atoms with Crippen molar-refractivity contribution in [2.24, 2.45) is 5.92 Å². The van der Waals surface area contributed by atoms with E-state index in [1.807, 2.05) is 6.07 Å². The van der Waals surface area contributed by atoms with Crippen molar-refractivity contribution in [3.63, 3.8) is 0 Å². The molecule has 0 aromatic carbocycles. The van der Waals surface area contributed by atoms with Crippen molar-refractivity contribution in [3.8, 4) is 5.88 Å². The lowest BCUT2D eigenvalue weighted by Gasteiger charge is -2.11. The second-order valence-corrected chi connectivity index (χ2v) is 5.99. The average Bonchev–Trinajstić information content (AvgIpc) is 3.10. The van der Waals surface area contributed by atoms with E-state index in [1.54, 1.807) is 19.4 Å². The van der Waals surface area contributed by atoms with E-state index in [9.17, 15) is 9.59 Å². The zero-order chi connectivity index (χ0) is 17.2. The highest BCUT2D eigenvalue weighted by Gasteiger charge is 2.17. The van der Waals surface area contributed by atoms with E-state index in [1.165, 1.54) is 12.8 Å².